The van der Waals surface area contributed by atoms with Crippen molar-refractivity contribution in [1.29, 1.82) is 0 Å². The number of guanidine groups is 1. The second-order valence-electron chi connectivity index (χ2n) is 7.56. The van der Waals surface area contributed by atoms with E-state index in [9.17, 15) is 4.39 Å². The lowest BCUT2D eigenvalue weighted by molar-refractivity contribution is 0.270. The molecule has 3 rings (SSSR count). The van der Waals surface area contributed by atoms with Crippen LogP contribution in [0.15, 0.2) is 41.4 Å². The summed E-state index contributed by atoms with van der Waals surface area (Å²) in [7, 11) is 3.30. The maximum absolute atomic E-state index is 14.8. The Labute approximate surface area is 190 Å². The van der Waals surface area contributed by atoms with Gasteiger partial charge in [0.2, 0.25) is 0 Å². The van der Waals surface area contributed by atoms with Crippen molar-refractivity contribution in [3.63, 3.8) is 0 Å². The van der Waals surface area contributed by atoms with Gasteiger partial charge in [0, 0.05) is 51.5 Å². The van der Waals surface area contributed by atoms with Crippen molar-refractivity contribution in [2.75, 3.05) is 63.7 Å². The van der Waals surface area contributed by atoms with Crippen molar-refractivity contribution in [3.8, 4) is 11.5 Å². The van der Waals surface area contributed by atoms with Crippen molar-refractivity contribution in [2.24, 2.45) is 4.99 Å². The topological polar surface area (TPSA) is 61.4 Å². The third-order valence-electron chi connectivity index (χ3n) is 5.58. The molecule has 1 aliphatic heterocycles. The lowest BCUT2D eigenvalue weighted by Gasteiger charge is -2.35. The number of benzene rings is 2. The number of methoxy groups -OCH3 is 1. The minimum atomic E-state index is -0.187. The third-order valence-corrected chi connectivity index (χ3v) is 5.58. The minimum absolute atomic E-state index is 0.187. The van der Waals surface area contributed by atoms with Crippen molar-refractivity contribution in [3.05, 3.63) is 47.8 Å². The standard InChI is InChI=1S/C24H34FN5O2/c1-5-29-11-13-30(14-12-29)21-9-7-18(15-20(21)25)17-27-24(26-3)28-19-8-10-22(32-6-2)23(16-19)31-4/h7-10,15-16H,5-6,11-14,17H2,1-4H3,(H2,26,27,28). The quantitative estimate of drug-likeness (QED) is 0.481. The third kappa shape index (κ3) is 6.03. The van der Waals surface area contributed by atoms with Gasteiger partial charge in [-0.05, 0) is 43.3 Å². The number of nitrogens with zero attached hydrogens (tertiary/aromatic N) is 3. The molecule has 32 heavy (non-hydrogen) atoms. The zero-order valence-corrected chi connectivity index (χ0v) is 19.4. The molecule has 0 bridgehead atoms. The molecule has 0 aromatic heterocycles. The van der Waals surface area contributed by atoms with Crippen LogP contribution in [0.25, 0.3) is 0 Å². The van der Waals surface area contributed by atoms with Crippen LogP contribution in [-0.2, 0) is 6.54 Å². The molecule has 0 spiro atoms. The number of nitrogens with one attached hydrogen (secondary N) is 2. The van der Waals surface area contributed by atoms with Gasteiger partial charge in [-0.15, -0.1) is 0 Å². The zero-order chi connectivity index (χ0) is 22.9. The Bertz CT molecular complexity index is 913. The number of aliphatic imine (C=N–C) groups is 1. The average Bonchev–Trinajstić information content (AvgIpc) is 2.83. The van der Waals surface area contributed by atoms with Crippen LogP contribution in [0.5, 0.6) is 11.5 Å². The summed E-state index contributed by atoms with van der Waals surface area (Å²) < 4.78 is 25.7. The molecule has 2 aromatic rings. The first-order valence-corrected chi connectivity index (χ1v) is 11.1. The van der Waals surface area contributed by atoms with E-state index < -0.39 is 0 Å². The average molecular weight is 444 g/mol. The molecule has 1 saturated heterocycles. The van der Waals surface area contributed by atoms with E-state index in [0.29, 0.717) is 36.3 Å². The first kappa shape index (κ1) is 23.7. The van der Waals surface area contributed by atoms with Crippen LogP contribution in [0.3, 0.4) is 0 Å². The van der Waals surface area contributed by atoms with Crippen molar-refractivity contribution in [1.82, 2.24) is 10.2 Å². The number of piperazine rings is 1. The van der Waals surface area contributed by atoms with Gasteiger partial charge in [-0.2, -0.15) is 0 Å². The molecule has 7 nitrogen and oxygen atoms in total. The molecule has 174 valence electrons. The van der Waals surface area contributed by atoms with E-state index in [1.807, 2.05) is 37.3 Å². The van der Waals surface area contributed by atoms with Gasteiger partial charge in [-0.1, -0.05) is 13.0 Å². The van der Waals surface area contributed by atoms with Crippen LogP contribution in [-0.4, -0.2) is 64.3 Å². The minimum Gasteiger partial charge on any atom is -0.493 e. The highest BCUT2D eigenvalue weighted by atomic mass is 19.1. The molecule has 1 aliphatic rings. The summed E-state index contributed by atoms with van der Waals surface area (Å²) >= 11 is 0. The van der Waals surface area contributed by atoms with E-state index in [1.165, 1.54) is 0 Å². The Balaban J connectivity index is 1.59. The van der Waals surface area contributed by atoms with Crippen molar-refractivity contribution in [2.45, 2.75) is 20.4 Å². The second kappa shape index (κ2) is 11.6. The van der Waals surface area contributed by atoms with E-state index >= 15 is 0 Å². The van der Waals surface area contributed by atoms with Gasteiger partial charge in [0.15, 0.2) is 17.5 Å². The fraction of sp³-hybridized carbons (Fsp3) is 0.458. The van der Waals surface area contributed by atoms with E-state index in [4.69, 9.17) is 9.47 Å². The maximum Gasteiger partial charge on any atom is 0.195 e. The summed E-state index contributed by atoms with van der Waals surface area (Å²) in [6.07, 6.45) is 0. The summed E-state index contributed by atoms with van der Waals surface area (Å²) in [5, 5.41) is 6.46. The van der Waals surface area contributed by atoms with Crippen LogP contribution < -0.4 is 25.0 Å². The van der Waals surface area contributed by atoms with Crippen molar-refractivity contribution >= 4 is 17.3 Å². The smallest absolute Gasteiger partial charge is 0.195 e. The molecule has 1 heterocycles. The molecule has 0 amide bonds. The molecular formula is C24H34FN5O2. The highest BCUT2D eigenvalue weighted by molar-refractivity contribution is 5.93. The van der Waals surface area contributed by atoms with Crippen LogP contribution in [0.4, 0.5) is 15.8 Å². The summed E-state index contributed by atoms with van der Waals surface area (Å²) in [4.78, 5) is 8.76. The van der Waals surface area contributed by atoms with Gasteiger partial charge in [0.25, 0.3) is 0 Å². The number of anilines is 2. The first-order chi connectivity index (χ1) is 15.6. The first-order valence-electron chi connectivity index (χ1n) is 11.1. The summed E-state index contributed by atoms with van der Waals surface area (Å²) in [6.45, 7) is 9.79. The molecule has 2 N–H and O–H groups in total. The fourth-order valence-corrected chi connectivity index (χ4v) is 3.74. The Kier molecular flexibility index (Phi) is 8.56. The van der Waals surface area contributed by atoms with E-state index in [2.05, 4.69) is 32.3 Å². The van der Waals surface area contributed by atoms with Gasteiger partial charge >= 0.3 is 0 Å². The van der Waals surface area contributed by atoms with Gasteiger partial charge in [0.05, 0.1) is 19.4 Å². The molecule has 0 aliphatic carbocycles. The Hall–Kier alpha value is -3.00. The van der Waals surface area contributed by atoms with E-state index in [0.717, 1.165) is 44.0 Å². The van der Waals surface area contributed by atoms with Crippen LogP contribution in [0, 0.1) is 5.82 Å². The van der Waals surface area contributed by atoms with Crippen LogP contribution in [0.2, 0.25) is 0 Å². The Morgan fingerprint density at radius 2 is 1.84 bits per heavy atom. The molecule has 0 radical (unpaired) electrons. The van der Waals surface area contributed by atoms with Crippen molar-refractivity contribution < 1.29 is 13.9 Å². The Morgan fingerprint density at radius 1 is 1.06 bits per heavy atom. The number of likely N-dealkylation sites (N-methyl/N-ethyl adjacent to an activating group) is 1. The number of halogens is 1. The lowest BCUT2D eigenvalue weighted by Crippen LogP contribution is -2.46. The zero-order valence-electron chi connectivity index (χ0n) is 19.4. The predicted molar refractivity (Wildman–Crippen MR) is 129 cm³/mol. The molecular weight excluding hydrogens is 409 g/mol. The number of rotatable bonds is 8. The molecule has 1 fully saturated rings. The number of hydrogen-bond acceptors (Lipinski definition) is 5. The SMILES string of the molecule is CCOc1ccc(NC(=NC)NCc2ccc(N3CCN(CC)CC3)c(F)c2)cc1OC. The molecule has 0 unspecified atom stereocenters. The monoisotopic (exact) mass is 443 g/mol. The number of ether oxygens (including phenoxy) is 2. The molecule has 2 aromatic carbocycles. The predicted octanol–water partition coefficient (Wildman–Crippen LogP) is 3.56. The normalized spacial score (nSPS) is 14.9. The lowest BCUT2D eigenvalue weighted by atomic mass is 10.1. The van der Waals surface area contributed by atoms with E-state index in [-0.39, 0.29) is 5.82 Å². The van der Waals surface area contributed by atoms with E-state index in [1.54, 1.807) is 20.2 Å². The molecule has 0 atom stereocenters. The summed E-state index contributed by atoms with van der Waals surface area (Å²) in [6, 6.07) is 11.0. The number of hydrogen-bond donors (Lipinski definition) is 2. The Morgan fingerprint density at radius 3 is 2.47 bits per heavy atom. The fourth-order valence-electron chi connectivity index (χ4n) is 3.74. The van der Waals surface area contributed by atoms with Gasteiger partial charge < -0.3 is 29.9 Å². The van der Waals surface area contributed by atoms with Gasteiger partial charge in [0.1, 0.15) is 5.82 Å². The van der Waals surface area contributed by atoms with Gasteiger partial charge in [-0.3, -0.25) is 4.99 Å². The van der Waals surface area contributed by atoms with Crippen LogP contribution >= 0.6 is 0 Å². The van der Waals surface area contributed by atoms with Gasteiger partial charge in [-0.25, -0.2) is 4.39 Å². The van der Waals surface area contributed by atoms with Crippen LogP contribution in [0.1, 0.15) is 19.4 Å². The summed E-state index contributed by atoms with van der Waals surface area (Å²) in [5.74, 6) is 1.73. The highest BCUT2D eigenvalue weighted by Gasteiger charge is 2.18. The summed E-state index contributed by atoms with van der Waals surface area (Å²) in [5.41, 5.74) is 2.34. The molecule has 0 saturated carbocycles. The second-order valence-corrected chi connectivity index (χ2v) is 7.56. The largest absolute Gasteiger partial charge is 0.493 e. The molecule has 8 heteroatoms. The highest BCUT2D eigenvalue weighted by Crippen LogP contribution is 2.30. The maximum atomic E-state index is 14.8.